The van der Waals surface area contributed by atoms with Gasteiger partial charge in [0.15, 0.2) is 0 Å². The summed E-state index contributed by atoms with van der Waals surface area (Å²) in [7, 11) is -1.61. The molecule has 114 valence electrons. The summed E-state index contributed by atoms with van der Waals surface area (Å²) in [6, 6.07) is 7.98. The molecule has 0 N–H and O–H groups in total. The molecule has 2 rings (SSSR count). The molecule has 1 heterocycles. The summed E-state index contributed by atoms with van der Waals surface area (Å²) in [5, 5.41) is 0.927. The van der Waals surface area contributed by atoms with Gasteiger partial charge in [0.1, 0.15) is 5.01 Å². The van der Waals surface area contributed by atoms with Gasteiger partial charge in [-0.25, -0.2) is 13.4 Å². The van der Waals surface area contributed by atoms with Crippen molar-refractivity contribution >= 4 is 21.4 Å². The average molecular weight is 324 g/mol. The third-order valence-electron chi connectivity index (χ3n) is 3.58. The summed E-state index contributed by atoms with van der Waals surface area (Å²) < 4.78 is 24.7. The first-order chi connectivity index (χ1) is 9.70. The Morgan fingerprint density at radius 1 is 1.19 bits per heavy atom. The van der Waals surface area contributed by atoms with Gasteiger partial charge in [-0.2, -0.15) is 4.31 Å². The van der Waals surface area contributed by atoms with Crippen LogP contribution in [0.4, 0.5) is 0 Å². The normalized spacial score (nSPS) is 13.6. The highest BCUT2D eigenvalue weighted by atomic mass is 32.2. The predicted octanol–water partition coefficient (Wildman–Crippen LogP) is 3.38. The molecule has 0 aliphatic rings. The third-order valence-corrected chi connectivity index (χ3v) is 6.32. The minimum atomic E-state index is -3.22. The largest absolute Gasteiger partial charge is 0.241 e. The Morgan fingerprint density at radius 3 is 2.29 bits per heavy atom. The van der Waals surface area contributed by atoms with Crippen molar-refractivity contribution in [3.05, 3.63) is 40.4 Å². The van der Waals surface area contributed by atoms with E-state index < -0.39 is 10.0 Å². The van der Waals surface area contributed by atoms with Crippen LogP contribution < -0.4 is 0 Å². The topological polar surface area (TPSA) is 50.3 Å². The van der Waals surface area contributed by atoms with Gasteiger partial charge in [0.2, 0.25) is 10.0 Å². The van der Waals surface area contributed by atoms with E-state index in [9.17, 15) is 8.42 Å². The van der Waals surface area contributed by atoms with Gasteiger partial charge in [-0.15, -0.1) is 11.3 Å². The summed E-state index contributed by atoms with van der Waals surface area (Å²) in [5.74, 6) is 0. The maximum Gasteiger partial charge on any atom is 0.211 e. The number of thiazole rings is 1. The molecule has 2 aromatic rings. The van der Waals surface area contributed by atoms with E-state index in [1.54, 1.807) is 18.4 Å². The smallest absolute Gasteiger partial charge is 0.211 e. The summed E-state index contributed by atoms with van der Waals surface area (Å²) in [6.45, 7) is 5.86. The second-order valence-corrected chi connectivity index (χ2v) is 8.36. The lowest BCUT2D eigenvalue weighted by Crippen LogP contribution is -2.28. The van der Waals surface area contributed by atoms with Crippen molar-refractivity contribution < 1.29 is 8.42 Å². The van der Waals surface area contributed by atoms with Crippen LogP contribution in [0.5, 0.6) is 0 Å². The number of benzene rings is 1. The molecule has 0 fully saturated rings. The first-order valence-electron chi connectivity index (χ1n) is 6.67. The molecule has 1 aromatic heterocycles. The summed E-state index contributed by atoms with van der Waals surface area (Å²) in [6.07, 6.45) is 1.22. The van der Waals surface area contributed by atoms with Gasteiger partial charge in [0, 0.05) is 17.5 Å². The van der Waals surface area contributed by atoms with E-state index in [0.29, 0.717) is 0 Å². The molecule has 1 aromatic carbocycles. The van der Waals surface area contributed by atoms with Crippen LogP contribution in [0.2, 0.25) is 0 Å². The summed E-state index contributed by atoms with van der Waals surface area (Å²) in [4.78, 5) is 5.58. The SMILES string of the molecule is Cc1ccc(-c2nc(C)c(C(C)N(C)S(C)(=O)=O)s2)cc1. The fraction of sp³-hybridized carbons (Fsp3) is 0.400. The monoisotopic (exact) mass is 324 g/mol. The molecule has 0 spiro atoms. The molecule has 1 unspecified atom stereocenters. The molecule has 0 saturated carbocycles. The molecule has 1 atom stereocenters. The number of nitrogens with zero attached hydrogens (tertiary/aromatic N) is 2. The maximum atomic E-state index is 11.7. The summed E-state index contributed by atoms with van der Waals surface area (Å²) in [5.41, 5.74) is 3.16. The van der Waals surface area contributed by atoms with Crippen LogP contribution in [-0.2, 0) is 10.0 Å². The average Bonchev–Trinajstić information content (AvgIpc) is 2.79. The Kier molecular flexibility index (Phi) is 4.51. The zero-order chi connectivity index (χ0) is 15.8. The van der Waals surface area contributed by atoms with Crippen LogP contribution in [-0.4, -0.2) is 31.0 Å². The van der Waals surface area contributed by atoms with Crippen molar-refractivity contribution in [2.75, 3.05) is 13.3 Å². The number of aryl methyl sites for hydroxylation is 2. The number of sulfonamides is 1. The standard InChI is InChI=1S/C15H20N2O2S2/c1-10-6-8-13(9-7-10)15-16-11(2)14(20-15)12(3)17(4)21(5,18)19/h6-9,12H,1-5H3. The Labute approximate surface area is 130 Å². The molecule has 0 radical (unpaired) electrons. The molecule has 6 heteroatoms. The Morgan fingerprint density at radius 2 is 1.76 bits per heavy atom. The molecule has 0 aliphatic carbocycles. The van der Waals surface area contributed by atoms with E-state index in [4.69, 9.17) is 0 Å². The van der Waals surface area contributed by atoms with Crippen LogP contribution in [0.1, 0.15) is 29.1 Å². The first-order valence-corrected chi connectivity index (χ1v) is 9.34. The molecule has 0 bridgehead atoms. The fourth-order valence-electron chi connectivity index (χ4n) is 2.07. The zero-order valence-corrected chi connectivity index (χ0v) is 14.5. The van der Waals surface area contributed by atoms with E-state index in [2.05, 4.69) is 17.1 Å². The van der Waals surface area contributed by atoms with Gasteiger partial charge in [-0.1, -0.05) is 29.8 Å². The quantitative estimate of drug-likeness (QED) is 0.866. The summed E-state index contributed by atoms with van der Waals surface area (Å²) >= 11 is 1.55. The molecule has 0 amide bonds. The lowest BCUT2D eigenvalue weighted by molar-refractivity contribution is 0.405. The van der Waals surface area contributed by atoms with Gasteiger partial charge < -0.3 is 0 Å². The van der Waals surface area contributed by atoms with Gasteiger partial charge >= 0.3 is 0 Å². The van der Waals surface area contributed by atoms with Gasteiger partial charge in [0.05, 0.1) is 18.0 Å². The highest BCUT2D eigenvalue weighted by molar-refractivity contribution is 7.88. The number of rotatable bonds is 4. The van der Waals surface area contributed by atoms with Crippen molar-refractivity contribution in [2.45, 2.75) is 26.8 Å². The van der Waals surface area contributed by atoms with Gasteiger partial charge in [-0.05, 0) is 20.8 Å². The second kappa shape index (κ2) is 5.87. The van der Waals surface area contributed by atoms with E-state index in [1.165, 1.54) is 16.1 Å². The lowest BCUT2D eigenvalue weighted by Gasteiger charge is -2.21. The minimum Gasteiger partial charge on any atom is -0.241 e. The Hall–Kier alpha value is -1.24. The minimum absolute atomic E-state index is 0.211. The van der Waals surface area contributed by atoms with E-state index in [0.717, 1.165) is 21.1 Å². The Bertz CT molecular complexity index is 734. The van der Waals surface area contributed by atoms with Crippen LogP contribution in [0, 0.1) is 13.8 Å². The molecular weight excluding hydrogens is 304 g/mol. The maximum absolute atomic E-state index is 11.7. The van der Waals surface area contributed by atoms with E-state index in [-0.39, 0.29) is 6.04 Å². The molecule has 0 aliphatic heterocycles. The van der Waals surface area contributed by atoms with Crippen LogP contribution in [0.25, 0.3) is 10.6 Å². The van der Waals surface area contributed by atoms with Gasteiger partial charge in [-0.3, -0.25) is 0 Å². The van der Waals surface area contributed by atoms with Crippen LogP contribution in [0.15, 0.2) is 24.3 Å². The fourth-order valence-corrected chi connectivity index (χ4v) is 3.98. The molecular formula is C15H20N2O2S2. The number of aromatic nitrogens is 1. The van der Waals surface area contributed by atoms with Crippen molar-refractivity contribution in [1.82, 2.24) is 9.29 Å². The first kappa shape index (κ1) is 16.1. The highest BCUT2D eigenvalue weighted by Gasteiger charge is 2.24. The lowest BCUT2D eigenvalue weighted by atomic mass is 10.2. The molecule has 21 heavy (non-hydrogen) atoms. The van der Waals surface area contributed by atoms with Gasteiger partial charge in [0.25, 0.3) is 0 Å². The van der Waals surface area contributed by atoms with E-state index >= 15 is 0 Å². The second-order valence-electron chi connectivity index (χ2n) is 5.29. The van der Waals surface area contributed by atoms with Crippen LogP contribution >= 0.6 is 11.3 Å². The third kappa shape index (κ3) is 3.51. The van der Waals surface area contributed by atoms with Crippen molar-refractivity contribution in [3.8, 4) is 10.6 Å². The molecule has 4 nitrogen and oxygen atoms in total. The zero-order valence-electron chi connectivity index (χ0n) is 12.9. The predicted molar refractivity (Wildman–Crippen MR) is 88.0 cm³/mol. The van der Waals surface area contributed by atoms with Crippen molar-refractivity contribution in [3.63, 3.8) is 0 Å². The van der Waals surface area contributed by atoms with Crippen molar-refractivity contribution in [1.29, 1.82) is 0 Å². The van der Waals surface area contributed by atoms with Crippen molar-refractivity contribution in [2.24, 2.45) is 0 Å². The van der Waals surface area contributed by atoms with E-state index in [1.807, 2.05) is 32.9 Å². The molecule has 0 saturated heterocycles. The highest BCUT2D eigenvalue weighted by Crippen LogP contribution is 2.34. The van der Waals surface area contributed by atoms with Crippen LogP contribution in [0.3, 0.4) is 0 Å². The number of hydrogen-bond donors (Lipinski definition) is 0. The number of hydrogen-bond acceptors (Lipinski definition) is 4. The Balaban J connectivity index is 2.37.